The lowest BCUT2D eigenvalue weighted by Crippen LogP contribution is -3.16. The average molecular weight is 378 g/mol. The molecule has 1 fully saturated rings. The first-order chi connectivity index (χ1) is 11.5. The van der Waals surface area contributed by atoms with Gasteiger partial charge >= 0.3 is 6.09 Å². The molecule has 1 aliphatic heterocycles. The molecule has 0 aromatic heterocycles. The maximum atomic E-state index is 11.6. The summed E-state index contributed by atoms with van der Waals surface area (Å²) >= 11 is 11.9. The molecule has 1 aromatic carbocycles. The molecule has 2 rings (SSSR count). The number of aliphatic hydroxyl groups excluding tert-OH is 1. The van der Waals surface area contributed by atoms with E-state index in [-0.39, 0.29) is 12.7 Å². The first kappa shape index (κ1) is 19.1. The Morgan fingerprint density at radius 2 is 2.08 bits per heavy atom. The summed E-state index contributed by atoms with van der Waals surface area (Å²) in [5.41, 5.74) is 0. The fourth-order valence-corrected chi connectivity index (χ4v) is 3.06. The van der Waals surface area contributed by atoms with Gasteiger partial charge in [0, 0.05) is 5.02 Å². The molecule has 1 amide bonds. The van der Waals surface area contributed by atoms with E-state index in [1.54, 1.807) is 30.0 Å². The van der Waals surface area contributed by atoms with Gasteiger partial charge in [-0.2, -0.15) is 0 Å². The Hall–Kier alpha value is -1.21. The lowest BCUT2D eigenvalue weighted by Gasteiger charge is -2.32. The molecule has 1 heterocycles. The summed E-state index contributed by atoms with van der Waals surface area (Å²) in [6, 6.07) is 4.97. The van der Waals surface area contributed by atoms with Gasteiger partial charge in [0.2, 0.25) is 0 Å². The van der Waals surface area contributed by atoms with E-state index in [2.05, 4.69) is 0 Å². The molecule has 1 saturated heterocycles. The van der Waals surface area contributed by atoms with Crippen molar-refractivity contribution in [3.8, 4) is 5.75 Å². The third-order valence-electron chi connectivity index (χ3n) is 3.85. The number of ether oxygens (including phenoxy) is 2. The zero-order chi connectivity index (χ0) is 17.5. The van der Waals surface area contributed by atoms with Crippen molar-refractivity contribution in [2.75, 3.05) is 45.9 Å². The number of carbonyl (C=O) groups excluding carboxylic acids is 1. The highest BCUT2D eigenvalue weighted by Crippen LogP contribution is 2.27. The predicted molar refractivity (Wildman–Crippen MR) is 92.1 cm³/mol. The topological polar surface area (TPSA) is 63.4 Å². The lowest BCUT2D eigenvalue weighted by molar-refractivity contribution is -0.907. The van der Waals surface area contributed by atoms with Crippen LogP contribution in [0.2, 0.25) is 10.0 Å². The number of halogens is 2. The van der Waals surface area contributed by atoms with Gasteiger partial charge in [0.1, 0.15) is 25.0 Å². The number of nitrogens with one attached hydrogen (secondary N) is 1. The van der Waals surface area contributed by atoms with E-state index in [0.717, 1.165) is 13.1 Å². The third-order valence-corrected chi connectivity index (χ3v) is 4.38. The van der Waals surface area contributed by atoms with Gasteiger partial charge in [-0.15, -0.1) is 0 Å². The van der Waals surface area contributed by atoms with Gasteiger partial charge in [0.05, 0.1) is 37.8 Å². The number of nitrogens with zero attached hydrogens (tertiary/aromatic N) is 1. The van der Waals surface area contributed by atoms with Crippen LogP contribution in [0.1, 0.15) is 6.92 Å². The van der Waals surface area contributed by atoms with Crippen molar-refractivity contribution in [1.29, 1.82) is 0 Å². The number of carbonyl (C=O) groups is 1. The van der Waals surface area contributed by atoms with E-state index in [9.17, 15) is 9.90 Å². The molecular weight excluding hydrogens is 355 g/mol. The van der Waals surface area contributed by atoms with Crippen molar-refractivity contribution in [3.05, 3.63) is 28.2 Å². The largest absolute Gasteiger partial charge is 0.489 e. The molecule has 2 N–H and O–H groups in total. The number of quaternary nitrogens is 1. The number of benzene rings is 1. The number of aliphatic hydroxyl groups is 1. The highest BCUT2D eigenvalue weighted by Gasteiger charge is 2.26. The molecule has 8 heteroatoms. The molecule has 0 bridgehead atoms. The van der Waals surface area contributed by atoms with Crippen molar-refractivity contribution < 1.29 is 24.3 Å². The normalized spacial score (nSPS) is 16.8. The molecule has 0 radical (unpaired) electrons. The van der Waals surface area contributed by atoms with Crippen molar-refractivity contribution in [1.82, 2.24) is 4.90 Å². The Balaban J connectivity index is 1.71. The molecule has 0 aliphatic carbocycles. The van der Waals surface area contributed by atoms with Gasteiger partial charge in [-0.3, -0.25) is 4.90 Å². The highest BCUT2D eigenvalue weighted by atomic mass is 35.5. The fraction of sp³-hybridized carbons (Fsp3) is 0.562. The van der Waals surface area contributed by atoms with Crippen LogP contribution in [0.25, 0.3) is 0 Å². The van der Waals surface area contributed by atoms with Crippen LogP contribution in [0.3, 0.4) is 0 Å². The molecule has 1 aliphatic rings. The predicted octanol–water partition coefficient (Wildman–Crippen LogP) is 1.09. The summed E-state index contributed by atoms with van der Waals surface area (Å²) in [6.07, 6.45) is -0.876. The first-order valence-electron chi connectivity index (χ1n) is 8.00. The molecular formula is C16H23Cl2N2O4+. The van der Waals surface area contributed by atoms with Gasteiger partial charge in [0.15, 0.2) is 0 Å². The lowest BCUT2D eigenvalue weighted by atomic mass is 10.2. The summed E-state index contributed by atoms with van der Waals surface area (Å²) in [4.78, 5) is 14.6. The van der Waals surface area contributed by atoms with E-state index in [4.69, 9.17) is 32.7 Å². The fourth-order valence-electron chi connectivity index (χ4n) is 2.59. The quantitative estimate of drug-likeness (QED) is 0.778. The second-order valence-electron chi connectivity index (χ2n) is 5.68. The zero-order valence-electron chi connectivity index (χ0n) is 13.6. The number of rotatable bonds is 6. The zero-order valence-corrected chi connectivity index (χ0v) is 15.1. The molecule has 1 aromatic rings. The highest BCUT2D eigenvalue weighted by molar-refractivity contribution is 6.35. The minimum Gasteiger partial charge on any atom is -0.489 e. The monoisotopic (exact) mass is 377 g/mol. The summed E-state index contributed by atoms with van der Waals surface area (Å²) in [5.74, 6) is 0.502. The molecule has 6 nitrogen and oxygen atoms in total. The molecule has 1 atom stereocenters. The number of hydrogen-bond acceptors (Lipinski definition) is 4. The van der Waals surface area contributed by atoms with Gasteiger partial charge in [-0.25, -0.2) is 4.79 Å². The van der Waals surface area contributed by atoms with Crippen LogP contribution in [0, 0.1) is 0 Å². The van der Waals surface area contributed by atoms with Gasteiger partial charge in [-0.1, -0.05) is 23.2 Å². The SMILES string of the molecule is CCOC(=O)N1CC[NH+](C[C@H](O)COc2ccc(Cl)cc2Cl)CC1. The molecule has 24 heavy (non-hydrogen) atoms. The minimum atomic E-state index is -0.610. The van der Waals surface area contributed by atoms with Crippen LogP contribution in [-0.4, -0.2) is 68.1 Å². The van der Waals surface area contributed by atoms with Crippen molar-refractivity contribution in [2.24, 2.45) is 0 Å². The summed E-state index contributed by atoms with van der Waals surface area (Å²) in [6.45, 7) is 5.71. The van der Waals surface area contributed by atoms with Crippen molar-refractivity contribution in [2.45, 2.75) is 13.0 Å². The summed E-state index contributed by atoms with van der Waals surface area (Å²) in [5, 5.41) is 11.1. The van der Waals surface area contributed by atoms with Gasteiger partial charge < -0.3 is 19.5 Å². The van der Waals surface area contributed by atoms with E-state index in [1.807, 2.05) is 0 Å². The second kappa shape index (κ2) is 9.32. The van der Waals surface area contributed by atoms with Crippen LogP contribution in [0.4, 0.5) is 4.79 Å². The van der Waals surface area contributed by atoms with E-state index >= 15 is 0 Å². The van der Waals surface area contributed by atoms with Crippen LogP contribution < -0.4 is 9.64 Å². The van der Waals surface area contributed by atoms with Crippen LogP contribution in [0.5, 0.6) is 5.75 Å². The molecule has 134 valence electrons. The first-order valence-corrected chi connectivity index (χ1v) is 8.76. The van der Waals surface area contributed by atoms with Crippen LogP contribution >= 0.6 is 23.2 Å². The second-order valence-corrected chi connectivity index (χ2v) is 6.52. The van der Waals surface area contributed by atoms with Crippen molar-refractivity contribution in [3.63, 3.8) is 0 Å². The Morgan fingerprint density at radius 3 is 2.71 bits per heavy atom. The van der Waals surface area contributed by atoms with Gasteiger partial charge in [-0.05, 0) is 25.1 Å². The maximum Gasteiger partial charge on any atom is 0.410 e. The van der Waals surface area contributed by atoms with E-state index in [0.29, 0.717) is 42.0 Å². The van der Waals surface area contributed by atoms with E-state index in [1.165, 1.54) is 4.90 Å². The number of piperazine rings is 1. The van der Waals surface area contributed by atoms with Gasteiger partial charge in [0.25, 0.3) is 0 Å². The molecule has 0 spiro atoms. The molecule has 0 saturated carbocycles. The number of hydrogen-bond donors (Lipinski definition) is 2. The Labute approximate surface area is 151 Å². The van der Waals surface area contributed by atoms with E-state index < -0.39 is 6.10 Å². The Bertz CT molecular complexity index is 551. The molecule has 0 unspecified atom stereocenters. The Morgan fingerprint density at radius 1 is 1.38 bits per heavy atom. The minimum absolute atomic E-state index is 0.159. The average Bonchev–Trinajstić information content (AvgIpc) is 2.55. The maximum absolute atomic E-state index is 11.6. The van der Waals surface area contributed by atoms with Crippen LogP contribution in [0.15, 0.2) is 18.2 Å². The summed E-state index contributed by atoms with van der Waals surface area (Å²) < 4.78 is 10.5. The number of amides is 1. The standard InChI is InChI=1S/C16H22Cl2N2O4/c1-2-23-16(22)20-7-5-19(6-8-20)10-13(21)11-24-15-4-3-12(17)9-14(15)18/h3-4,9,13,21H,2,5-8,10-11H2,1H3/p+1/t13-/m0/s1. The van der Waals surface area contributed by atoms with Crippen molar-refractivity contribution >= 4 is 29.3 Å². The smallest absolute Gasteiger partial charge is 0.410 e. The third kappa shape index (κ3) is 5.70. The van der Waals surface area contributed by atoms with Crippen LogP contribution in [-0.2, 0) is 4.74 Å². The summed E-state index contributed by atoms with van der Waals surface area (Å²) in [7, 11) is 0. The Kier molecular flexibility index (Phi) is 7.42.